The largest absolute Gasteiger partial charge is 0.347 e. The number of piperidine rings is 1. The van der Waals surface area contributed by atoms with E-state index >= 15 is 0 Å². The van der Waals surface area contributed by atoms with Crippen molar-refractivity contribution >= 4 is 22.8 Å². The van der Waals surface area contributed by atoms with Gasteiger partial charge in [-0.3, -0.25) is 4.79 Å². The highest BCUT2D eigenvalue weighted by molar-refractivity contribution is 7.17. The van der Waals surface area contributed by atoms with Gasteiger partial charge in [-0.05, 0) is 33.4 Å². The number of aryl methyl sites for hydroxylation is 1. The molecule has 1 aliphatic heterocycles. The molecule has 0 bridgehead atoms. The number of rotatable bonds is 3. The van der Waals surface area contributed by atoms with E-state index in [4.69, 9.17) is 0 Å². The molecule has 2 rings (SSSR count). The first-order valence-corrected chi connectivity index (χ1v) is 6.77. The lowest BCUT2D eigenvalue weighted by molar-refractivity contribution is 0.112. The molecule has 0 aliphatic carbocycles. The van der Waals surface area contributed by atoms with Crippen LogP contribution in [0.25, 0.3) is 0 Å². The van der Waals surface area contributed by atoms with Crippen LogP contribution in [-0.2, 0) is 0 Å². The molecule has 4 nitrogen and oxygen atoms in total. The van der Waals surface area contributed by atoms with Crippen molar-refractivity contribution in [2.45, 2.75) is 25.8 Å². The maximum absolute atomic E-state index is 10.8. The van der Waals surface area contributed by atoms with Gasteiger partial charge in [-0.1, -0.05) is 11.3 Å². The van der Waals surface area contributed by atoms with Crippen LogP contribution in [0, 0.1) is 6.92 Å². The zero-order valence-electron chi connectivity index (χ0n) is 10.6. The van der Waals surface area contributed by atoms with E-state index in [0.717, 1.165) is 28.5 Å². The molecule has 0 amide bonds. The summed E-state index contributed by atoms with van der Waals surface area (Å²) in [5.74, 6) is 0. The van der Waals surface area contributed by atoms with E-state index in [1.807, 2.05) is 6.92 Å². The van der Waals surface area contributed by atoms with Crippen molar-refractivity contribution in [2.24, 2.45) is 0 Å². The fourth-order valence-electron chi connectivity index (χ4n) is 2.27. The topological polar surface area (TPSA) is 36.4 Å². The molecule has 5 heteroatoms. The summed E-state index contributed by atoms with van der Waals surface area (Å²) < 4.78 is 0. The number of nitrogens with zero attached hydrogens (tertiary/aromatic N) is 3. The number of likely N-dealkylation sites (N-methyl/N-ethyl adjacent to an activating group) is 2. The second-order valence-electron chi connectivity index (χ2n) is 4.73. The number of aldehydes is 1. The first-order valence-electron chi connectivity index (χ1n) is 5.96. The SMILES string of the molecule is Cc1nc(N(C)C2CCCN(C)C2)sc1C=O. The number of hydrogen-bond donors (Lipinski definition) is 0. The van der Waals surface area contributed by atoms with Gasteiger partial charge in [0, 0.05) is 19.6 Å². The zero-order chi connectivity index (χ0) is 12.4. The summed E-state index contributed by atoms with van der Waals surface area (Å²) in [7, 11) is 4.24. The molecule has 1 aliphatic rings. The Morgan fingerprint density at radius 3 is 2.94 bits per heavy atom. The molecule has 2 heterocycles. The summed E-state index contributed by atoms with van der Waals surface area (Å²) in [6.45, 7) is 4.15. The predicted molar refractivity (Wildman–Crippen MR) is 71.2 cm³/mol. The average Bonchev–Trinajstić information content (AvgIpc) is 2.69. The third-order valence-electron chi connectivity index (χ3n) is 3.38. The van der Waals surface area contributed by atoms with E-state index in [9.17, 15) is 4.79 Å². The maximum Gasteiger partial charge on any atom is 0.186 e. The number of thiazole rings is 1. The Balaban J connectivity index is 2.12. The fourth-order valence-corrected chi connectivity index (χ4v) is 3.18. The average molecular weight is 253 g/mol. The van der Waals surface area contributed by atoms with Crippen LogP contribution in [0.5, 0.6) is 0 Å². The number of carbonyl (C=O) groups excluding carboxylic acids is 1. The molecule has 17 heavy (non-hydrogen) atoms. The minimum atomic E-state index is 0.513. The molecule has 0 N–H and O–H groups in total. The number of carbonyl (C=O) groups is 1. The van der Waals surface area contributed by atoms with Crippen LogP contribution >= 0.6 is 11.3 Å². The molecule has 0 aromatic carbocycles. The Kier molecular flexibility index (Phi) is 3.79. The van der Waals surface area contributed by atoms with Crippen molar-refractivity contribution in [3.63, 3.8) is 0 Å². The van der Waals surface area contributed by atoms with Gasteiger partial charge in [-0.15, -0.1) is 0 Å². The van der Waals surface area contributed by atoms with Crippen LogP contribution in [-0.4, -0.2) is 49.4 Å². The van der Waals surface area contributed by atoms with Gasteiger partial charge >= 0.3 is 0 Å². The van der Waals surface area contributed by atoms with E-state index in [0.29, 0.717) is 6.04 Å². The van der Waals surface area contributed by atoms with Gasteiger partial charge in [0.2, 0.25) is 0 Å². The quantitative estimate of drug-likeness (QED) is 0.770. The second-order valence-corrected chi connectivity index (χ2v) is 5.74. The molecule has 0 radical (unpaired) electrons. The monoisotopic (exact) mass is 253 g/mol. The summed E-state index contributed by atoms with van der Waals surface area (Å²) in [6, 6.07) is 0.513. The van der Waals surface area contributed by atoms with Crippen LogP contribution in [0.1, 0.15) is 28.2 Å². The summed E-state index contributed by atoms with van der Waals surface area (Å²) in [5.41, 5.74) is 0.844. The van der Waals surface area contributed by atoms with Crippen LogP contribution < -0.4 is 4.90 Å². The lowest BCUT2D eigenvalue weighted by Crippen LogP contribution is -2.45. The van der Waals surface area contributed by atoms with Crippen LogP contribution in [0.3, 0.4) is 0 Å². The van der Waals surface area contributed by atoms with Crippen molar-refractivity contribution in [3.05, 3.63) is 10.6 Å². The zero-order valence-corrected chi connectivity index (χ0v) is 11.5. The molecule has 1 aromatic heterocycles. The van der Waals surface area contributed by atoms with Crippen LogP contribution in [0.2, 0.25) is 0 Å². The Morgan fingerprint density at radius 1 is 1.59 bits per heavy atom. The molecule has 0 saturated carbocycles. The van der Waals surface area contributed by atoms with Gasteiger partial charge in [0.05, 0.1) is 10.6 Å². The molecule has 94 valence electrons. The minimum Gasteiger partial charge on any atom is -0.347 e. The van der Waals surface area contributed by atoms with E-state index in [2.05, 4.69) is 28.9 Å². The van der Waals surface area contributed by atoms with Gasteiger partial charge in [0.25, 0.3) is 0 Å². The number of hydrogen-bond acceptors (Lipinski definition) is 5. The van der Waals surface area contributed by atoms with Crippen molar-refractivity contribution in [2.75, 3.05) is 32.1 Å². The minimum absolute atomic E-state index is 0.513. The molecule has 1 atom stereocenters. The third kappa shape index (κ3) is 2.66. The molecule has 0 spiro atoms. The highest BCUT2D eigenvalue weighted by Crippen LogP contribution is 2.27. The highest BCUT2D eigenvalue weighted by Gasteiger charge is 2.23. The van der Waals surface area contributed by atoms with E-state index in [1.165, 1.54) is 30.7 Å². The summed E-state index contributed by atoms with van der Waals surface area (Å²) in [4.78, 5) is 20.6. The fraction of sp³-hybridized carbons (Fsp3) is 0.667. The van der Waals surface area contributed by atoms with E-state index < -0.39 is 0 Å². The lowest BCUT2D eigenvalue weighted by Gasteiger charge is -2.35. The maximum atomic E-state index is 10.8. The van der Waals surface area contributed by atoms with Gasteiger partial charge in [-0.2, -0.15) is 0 Å². The Hall–Kier alpha value is -0.940. The predicted octanol–water partition coefficient (Wildman–Crippen LogP) is 1.79. The van der Waals surface area contributed by atoms with Crippen LogP contribution in [0.4, 0.5) is 5.13 Å². The molecular weight excluding hydrogens is 234 g/mol. The number of likely N-dealkylation sites (tertiary alicyclic amines) is 1. The van der Waals surface area contributed by atoms with Gasteiger partial charge in [0.15, 0.2) is 11.4 Å². The summed E-state index contributed by atoms with van der Waals surface area (Å²) in [5, 5.41) is 0.963. The third-order valence-corrected chi connectivity index (χ3v) is 4.55. The van der Waals surface area contributed by atoms with Crippen molar-refractivity contribution in [1.82, 2.24) is 9.88 Å². The summed E-state index contributed by atoms with van der Waals surface area (Å²) in [6.07, 6.45) is 3.34. The Morgan fingerprint density at radius 2 is 2.35 bits per heavy atom. The van der Waals surface area contributed by atoms with Crippen molar-refractivity contribution in [1.29, 1.82) is 0 Å². The molecule has 1 fully saturated rings. The van der Waals surface area contributed by atoms with Gasteiger partial charge in [0.1, 0.15) is 0 Å². The van der Waals surface area contributed by atoms with E-state index in [-0.39, 0.29) is 0 Å². The van der Waals surface area contributed by atoms with Crippen LogP contribution in [0.15, 0.2) is 0 Å². The second kappa shape index (κ2) is 5.14. The molecule has 1 saturated heterocycles. The highest BCUT2D eigenvalue weighted by atomic mass is 32.1. The first kappa shape index (κ1) is 12.5. The number of anilines is 1. The van der Waals surface area contributed by atoms with E-state index in [1.54, 1.807) is 0 Å². The van der Waals surface area contributed by atoms with Gasteiger partial charge in [-0.25, -0.2) is 4.98 Å². The van der Waals surface area contributed by atoms with Crippen molar-refractivity contribution in [3.8, 4) is 0 Å². The van der Waals surface area contributed by atoms with Crippen molar-refractivity contribution < 1.29 is 4.79 Å². The Bertz CT molecular complexity index is 404. The number of aromatic nitrogens is 1. The summed E-state index contributed by atoms with van der Waals surface area (Å²) >= 11 is 1.49. The lowest BCUT2D eigenvalue weighted by atomic mass is 10.1. The normalized spacial score (nSPS) is 21.5. The molecular formula is C12H19N3OS. The Labute approximate surface area is 106 Å². The first-order chi connectivity index (χ1) is 8.11. The van der Waals surface area contributed by atoms with Gasteiger partial charge < -0.3 is 9.80 Å². The molecule has 1 unspecified atom stereocenters. The smallest absolute Gasteiger partial charge is 0.186 e. The molecule has 1 aromatic rings. The standard InChI is InChI=1S/C12H19N3OS/c1-9-11(8-16)17-12(13-9)15(3)10-5-4-6-14(2)7-10/h8,10H,4-7H2,1-3H3.